The topological polar surface area (TPSA) is 127 Å². The molecule has 4 aliphatic heterocycles. The SMILES string of the molecule is CC[C@H](C)[C@H]1O[C@]2(C=C[C@@H]1C)C[C@@H]1C[C@@H](C/C=C(\C)[C@@H](OC(C)=O)[C@@H](C)/C=C/C=C3\CO[C@@H]4[C@H](OC(=O)c5cc(C(F)(F)F)cc(C(F)(F)F)c5)C(C)=C[C@@H](C(=O)O1)[C@]34O)O2. The quantitative estimate of drug-likeness (QED) is 0.133. The van der Waals surface area contributed by atoms with Gasteiger partial charge >= 0.3 is 30.3 Å². The van der Waals surface area contributed by atoms with Crippen molar-refractivity contribution in [2.24, 2.45) is 23.7 Å². The molecule has 6 rings (SSSR count). The molecule has 2 fully saturated rings. The summed E-state index contributed by atoms with van der Waals surface area (Å²) in [6.45, 7) is 12.3. The van der Waals surface area contributed by atoms with Gasteiger partial charge in [-0.25, -0.2) is 4.79 Å². The molecule has 1 aromatic carbocycles. The number of esters is 3. The van der Waals surface area contributed by atoms with E-state index in [4.69, 9.17) is 28.4 Å². The van der Waals surface area contributed by atoms with Crippen LogP contribution in [0.3, 0.4) is 0 Å². The summed E-state index contributed by atoms with van der Waals surface area (Å²) in [7, 11) is 0. The molecule has 10 nitrogen and oxygen atoms in total. The number of carbonyl (C=O) groups excluding carboxylic acids is 3. The molecule has 334 valence electrons. The predicted octanol–water partition coefficient (Wildman–Crippen LogP) is 8.78. The number of halogens is 6. The highest BCUT2D eigenvalue weighted by Gasteiger charge is 2.61. The largest absolute Gasteiger partial charge is 0.462 e. The van der Waals surface area contributed by atoms with Crippen LogP contribution in [0.2, 0.25) is 0 Å². The average molecular weight is 867 g/mol. The van der Waals surface area contributed by atoms with Crippen molar-refractivity contribution in [2.45, 2.75) is 135 Å². The molecular formula is C45H52F6O10. The van der Waals surface area contributed by atoms with Gasteiger partial charge in [-0.3, -0.25) is 9.59 Å². The van der Waals surface area contributed by atoms with Crippen molar-refractivity contribution in [1.29, 1.82) is 0 Å². The second-order valence-electron chi connectivity index (χ2n) is 17.0. The number of aliphatic hydroxyl groups is 1. The minimum Gasteiger partial charge on any atom is -0.462 e. The van der Waals surface area contributed by atoms with Gasteiger partial charge in [0, 0.05) is 31.6 Å². The Hall–Kier alpha value is -4.25. The first-order chi connectivity index (χ1) is 28.5. The summed E-state index contributed by atoms with van der Waals surface area (Å²) in [6, 6.07) is 0.387. The third-order valence-corrected chi connectivity index (χ3v) is 12.3. The first-order valence-corrected chi connectivity index (χ1v) is 20.5. The van der Waals surface area contributed by atoms with Gasteiger partial charge in [-0.15, -0.1) is 0 Å². The summed E-state index contributed by atoms with van der Waals surface area (Å²) in [5.74, 6) is -5.87. The van der Waals surface area contributed by atoms with Gasteiger partial charge in [-0.1, -0.05) is 70.6 Å². The molecule has 0 amide bonds. The number of allylic oxidation sites excluding steroid dienone is 2. The van der Waals surface area contributed by atoms with Crippen LogP contribution in [-0.4, -0.2) is 77.6 Å². The Balaban J connectivity index is 1.41. The van der Waals surface area contributed by atoms with Crippen molar-refractivity contribution >= 4 is 17.9 Å². The monoisotopic (exact) mass is 866 g/mol. The van der Waals surface area contributed by atoms with Crippen molar-refractivity contribution < 1.29 is 74.3 Å². The number of hydrogen-bond acceptors (Lipinski definition) is 10. The number of fused-ring (bicyclic) bond motifs is 2. The molecule has 0 saturated carbocycles. The molecular weight excluding hydrogens is 814 g/mol. The Morgan fingerprint density at radius 2 is 1.61 bits per heavy atom. The molecule has 4 heterocycles. The van der Waals surface area contributed by atoms with E-state index in [9.17, 15) is 45.8 Å². The predicted molar refractivity (Wildman–Crippen MR) is 207 cm³/mol. The van der Waals surface area contributed by atoms with Crippen LogP contribution in [0, 0.1) is 23.7 Å². The van der Waals surface area contributed by atoms with Crippen LogP contribution in [0.4, 0.5) is 26.3 Å². The summed E-state index contributed by atoms with van der Waals surface area (Å²) in [5.41, 5.74) is -5.76. The summed E-state index contributed by atoms with van der Waals surface area (Å²) in [6.07, 6.45) is -2.44. The van der Waals surface area contributed by atoms with Gasteiger partial charge in [0.05, 0.1) is 35.5 Å². The van der Waals surface area contributed by atoms with E-state index in [1.54, 1.807) is 12.2 Å². The van der Waals surface area contributed by atoms with Crippen LogP contribution in [0.15, 0.2) is 77.5 Å². The number of rotatable bonds is 5. The lowest BCUT2D eigenvalue weighted by Crippen LogP contribution is -2.59. The number of ether oxygens (including phenoxy) is 6. The van der Waals surface area contributed by atoms with E-state index in [0.717, 1.165) is 12.0 Å². The second kappa shape index (κ2) is 17.5. The Labute approximate surface area is 350 Å². The van der Waals surface area contributed by atoms with E-state index >= 15 is 0 Å². The third kappa shape index (κ3) is 9.72. The van der Waals surface area contributed by atoms with Gasteiger partial charge in [0.25, 0.3) is 0 Å². The van der Waals surface area contributed by atoms with Crippen LogP contribution < -0.4 is 0 Å². The standard InChI is InChI=1S/C45H52F6O10/c1-8-23(2)37-26(5)14-15-42(61-37)21-34-20-33(60-42)13-12-25(4)36(57-28(7)52)24(3)10-9-11-30-22-56-39-38(27(6)16-35(41(54)58-34)43(30,39)55)59-40(53)29-17-31(44(46,47)48)19-32(18-29)45(49,50)51/h9-12,14-19,23-24,26,33-39,55H,8,13,20-22H2,1-7H3/b10-9+,25-12+,30-11+/t23-,24-,26-,33+,34-,35-,36-,37+,38+,39+,42+,43+/m0/s1. The fourth-order valence-electron chi connectivity index (χ4n) is 8.92. The molecule has 0 radical (unpaired) electrons. The van der Waals surface area contributed by atoms with Gasteiger partial charge in [0.2, 0.25) is 0 Å². The summed E-state index contributed by atoms with van der Waals surface area (Å²) >= 11 is 0. The minimum atomic E-state index is -5.23. The first-order valence-electron chi connectivity index (χ1n) is 20.5. The minimum absolute atomic E-state index is 0.0636. The molecule has 5 aliphatic rings. The lowest BCUT2D eigenvalue weighted by Gasteiger charge is -2.48. The first kappa shape index (κ1) is 46.3. The van der Waals surface area contributed by atoms with E-state index in [1.807, 2.05) is 39.0 Å². The van der Waals surface area contributed by atoms with E-state index in [1.165, 1.54) is 26.0 Å². The van der Waals surface area contributed by atoms with E-state index in [0.29, 0.717) is 6.42 Å². The Morgan fingerprint density at radius 1 is 0.934 bits per heavy atom. The molecule has 12 atom stereocenters. The molecule has 1 spiro atoms. The van der Waals surface area contributed by atoms with Gasteiger partial charge in [0.15, 0.2) is 11.9 Å². The van der Waals surface area contributed by atoms with E-state index in [-0.39, 0.29) is 66.7 Å². The maximum absolute atomic E-state index is 14.5. The molecule has 2 bridgehead atoms. The highest BCUT2D eigenvalue weighted by Crippen LogP contribution is 2.48. The summed E-state index contributed by atoms with van der Waals surface area (Å²) in [5, 5.41) is 12.7. The highest BCUT2D eigenvalue weighted by atomic mass is 19.4. The van der Waals surface area contributed by atoms with Crippen LogP contribution in [0.25, 0.3) is 0 Å². The fraction of sp³-hybridized carbons (Fsp3) is 0.578. The summed E-state index contributed by atoms with van der Waals surface area (Å²) in [4.78, 5) is 40.3. The van der Waals surface area contributed by atoms with Crippen molar-refractivity contribution in [3.63, 3.8) is 0 Å². The van der Waals surface area contributed by atoms with Crippen LogP contribution in [0.1, 0.15) is 95.6 Å². The van der Waals surface area contributed by atoms with Crippen LogP contribution in [-0.2, 0) is 50.4 Å². The number of hydrogen-bond donors (Lipinski definition) is 1. The number of carbonyl (C=O) groups is 3. The third-order valence-electron chi connectivity index (χ3n) is 12.3. The van der Waals surface area contributed by atoms with Crippen molar-refractivity contribution in [2.75, 3.05) is 6.61 Å². The smallest absolute Gasteiger partial charge is 0.416 e. The zero-order valence-corrected chi connectivity index (χ0v) is 35.0. The lowest BCUT2D eigenvalue weighted by atomic mass is 9.70. The molecule has 16 heteroatoms. The molecule has 1 N–H and O–H groups in total. The molecule has 0 unspecified atom stereocenters. The Bertz CT molecular complexity index is 1990. The zero-order chi connectivity index (χ0) is 44.8. The van der Waals surface area contributed by atoms with Crippen LogP contribution >= 0.6 is 0 Å². The Morgan fingerprint density at radius 3 is 2.23 bits per heavy atom. The fourth-order valence-corrected chi connectivity index (χ4v) is 8.92. The highest BCUT2D eigenvalue weighted by molar-refractivity contribution is 5.90. The van der Waals surface area contributed by atoms with Gasteiger partial charge in [0.1, 0.15) is 29.8 Å². The van der Waals surface area contributed by atoms with E-state index < -0.39 is 101 Å². The second-order valence-corrected chi connectivity index (χ2v) is 17.0. The summed E-state index contributed by atoms with van der Waals surface area (Å²) < 4.78 is 119. The van der Waals surface area contributed by atoms with Crippen molar-refractivity contribution in [3.05, 3.63) is 94.1 Å². The average Bonchev–Trinajstić information content (AvgIpc) is 3.52. The Kier molecular flexibility index (Phi) is 13.3. The zero-order valence-electron chi connectivity index (χ0n) is 35.0. The van der Waals surface area contributed by atoms with Gasteiger partial charge in [-0.05, 0) is 67.2 Å². The molecule has 1 aliphatic carbocycles. The molecule has 0 aromatic heterocycles. The van der Waals surface area contributed by atoms with Crippen LogP contribution in [0.5, 0.6) is 0 Å². The maximum atomic E-state index is 14.5. The van der Waals surface area contributed by atoms with Crippen molar-refractivity contribution in [3.8, 4) is 0 Å². The molecule has 2 saturated heterocycles. The van der Waals surface area contributed by atoms with Crippen molar-refractivity contribution in [1.82, 2.24) is 0 Å². The molecule has 61 heavy (non-hydrogen) atoms. The lowest BCUT2D eigenvalue weighted by molar-refractivity contribution is -0.300. The van der Waals surface area contributed by atoms with Gasteiger partial charge < -0.3 is 33.5 Å². The van der Waals surface area contributed by atoms with Gasteiger partial charge in [-0.2, -0.15) is 26.3 Å². The maximum Gasteiger partial charge on any atom is 0.416 e. The number of benzene rings is 1. The normalized spacial score (nSPS) is 37.2. The number of alkyl halides is 6. The molecule has 1 aromatic rings. The van der Waals surface area contributed by atoms with E-state index in [2.05, 4.69) is 13.8 Å².